The second-order valence-electron chi connectivity index (χ2n) is 6.50. The number of hydrogen-bond donors (Lipinski definition) is 1. The molecule has 3 rings (SSSR count). The molecule has 0 saturated heterocycles. The predicted octanol–water partition coefficient (Wildman–Crippen LogP) is 1.84. The van der Waals surface area contributed by atoms with E-state index in [4.69, 9.17) is 0 Å². The van der Waals surface area contributed by atoms with Gasteiger partial charge in [-0.15, -0.1) is 0 Å². The molecule has 1 heterocycles. The number of amides is 2. The number of carbonyl (C=O) groups excluding carboxylic acids is 2. The minimum atomic E-state index is -0.165. The lowest BCUT2D eigenvalue weighted by Gasteiger charge is -2.17. The topological polar surface area (TPSA) is 67.2 Å². The van der Waals surface area contributed by atoms with Gasteiger partial charge in [0.1, 0.15) is 0 Å². The zero-order valence-electron chi connectivity index (χ0n) is 14.7. The maximum absolute atomic E-state index is 12.7. The molecule has 132 valence electrons. The summed E-state index contributed by atoms with van der Waals surface area (Å²) in [7, 11) is 1.66. The Bertz CT molecular complexity index is 750. The molecule has 0 unspecified atom stereocenters. The fraction of sp³-hybridized carbons (Fsp3) is 0.421. The molecule has 1 aromatic heterocycles. The van der Waals surface area contributed by atoms with Crippen molar-refractivity contribution in [2.75, 3.05) is 13.6 Å². The molecule has 1 N–H and O–H groups in total. The third kappa shape index (κ3) is 4.26. The number of aromatic nitrogens is 2. The largest absolute Gasteiger partial charge is 0.352 e. The van der Waals surface area contributed by atoms with Gasteiger partial charge in [-0.3, -0.25) is 14.3 Å². The summed E-state index contributed by atoms with van der Waals surface area (Å²) in [5, 5.41) is 7.30. The Morgan fingerprint density at radius 2 is 2.00 bits per heavy atom. The number of nitrogens with zero attached hydrogens (tertiary/aromatic N) is 3. The minimum absolute atomic E-state index is 0.0718. The Balaban J connectivity index is 1.70. The number of hydrogen-bond acceptors (Lipinski definition) is 3. The van der Waals surface area contributed by atoms with Crippen LogP contribution in [0.4, 0.5) is 0 Å². The van der Waals surface area contributed by atoms with Crippen LogP contribution in [-0.2, 0) is 17.8 Å². The van der Waals surface area contributed by atoms with Crippen molar-refractivity contribution in [2.24, 2.45) is 0 Å². The summed E-state index contributed by atoms with van der Waals surface area (Å²) in [6.07, 6.45) is 4.39. The maximum Gasteiger partial charge on any atom is 0.257 e. The van der Waals surface area contributed by atoms with E-state index in [1.807, 2.05) is 41.9 Å². The molecule has 0 spiro atoms. The van der Waals surface area contributed by atoms with E-state index in [2.05, 4.69) is 10.4 Å². The van der Waals surface area contributed by atoms with E-state index in [-0.39, 0.29) is 18.4 Å². The molecular formula is C19H24N4O2. The molecule has 0 aliphatic heterocycles. The third-order valence-corrected chi connectivity index (χ3v) is 4.36. The van der Waals surface area contributed by atoms with E-state index >= 15 is 0 Å². The zero-order chi connectivity index (χ0) is 17.8. The van der Waals surface area contributed by atoms with E-state index < -0.39 is 0 Å². The molecule has 1 aromatic carbocycles. The van der Waals surface area contributed by atoms with E-state index in [1.54, 1.807) is 13.2 Å². The molecule has 0 bridgehead atoms. The number of rotatable bonds is 7. The van der Waals surface area contributed by atoms with Gasteiger partial charge in [0.2, 0.25) is 5.91 Å². The fourth-order valence-electron chi connectivity index (χ4n) is 2.85. The third-order valence-electron chi connectivity index (χ3n) is 4.36. The minimum Gasteiger partial charge on any atom is -0.352 e. The molecule has 2 amide bonds. The Kier molecular flexibility index (Phi) is 5.16. The van der Waals surface area contributed by atoms with Crippen LogP contribution in [0.25, 0.3) is 0 Å². The molecule has 1 aliphatic carbocycles. The van der Waals surface area contributed by atoms with Crippen LogP contribution in [0.15, 0.2) is 36.5 Å². The van der Waals surface area contributed by atoms with Crippen molar-refractivity contribution in [3.8, 4) is 0 Å². The average Bonchev–Trinajstić information content (AvgIpc) is 3.32. The number of nitrogens with one attached hydrogen (secondary N) is 1. The lowest BCUT2D eigenvalue weighted by atomic mass is 10.1. The van der Waals surface area contributed by atoms with Gasteiger partial charge in [-0.05, 0) is 24.8 Å². The Morgan fingerprint density at radius 1 is 1.28 bits per heavy atom. The van der Waals surface area contributed by atoms with Gasteiger partial charge in [0.15, 0.2) is 0 Å². The first-order valence-electron chi connectivity index (χ1n) is 8.72. The molecule has 6 nitrogen and oxygen atoms in total. The highest BCUT2D eigenvalue weighted by atomic mass is 16.2. The zero-order valence-corrected chi connectivity index (χ0v) is 14.7. The SMILES string of the molecule is CCc1c(C(=O)N(C)CC(=O)NC2CC2)cnn1Cc1ccccc1. The van der Waals surface area contributed by atoms with Crippen molar-refractivity contribution in [2.45, 2.75) is 38.8 Å². The first-order valence-corrected chi connectivity index (χ1v) is 8.72. The molecule has 1 fully saturated rings. The lowest BCUT2D eigenvalue weighted by molar-refractivity contribution is -0.121. The van der Waals surface area contributed by atoms with Gasteiger partial charge in [-0.1, -0.05) is 37.3 Å². The predicted molar refractivity (Wildman–Crippen MR) is 95.3 cm³/mol. The summed E-state index contributed by atoms with van der Waals surface area (Å²) in [4.78, 5) is 26.1. The van der Waals surface area contributed by atoms with Crippen molar-refractivity contribution in [1.82, 2.24) is 20.0 Å². The summed E-state index contributed by atoms with van der Waals surface area (Å²) in [5.74, 6) is -0.268. The standard InChI is InChI=1S/C19H24N4O2/c1-3-17-16(11-20-23(17)12-14-7-5-4-6-8-14)19(25)22(2)13-18(24)21-15-9-10-15/h4-8,11,15H,3,9-10,12-13H2,1-2H3,(H,21,24). The normalized spacial score (nSPS) is 13.5. The summed E-state index contributed by atoms with van der Waals surface area (Å²) >= 11 is 0. The maximum atomic E-state index is 12.7. The van der Waals surface area contributed by atoms with Gasteiger partial charge >= 0.3 is 0 Å². The molecule has 1 saturated carbocycles. The fourth-order valence-corrected chi connectivity index (χ4v) is 2.85. The number of carbonyl (C=O) groups is 2. The van der Waals surface area contributed by atoms with Crippen LogP contribution in [0.5, 0.6) is 0 Å². The van der Waals surface area contributed by atoms with Gasteiger partial charge in [0, 0.05) is 13.1 Å². The van der Waals surface area contributed by atoms with Crippen molar-refractivity contribution in [3.05, 3.63) is 53.3 Å². The van der Waals surface area contributed by atoms with Crippen molar-refractivity contribution in [3.63, 3.8) is 0 Å². The van der Waals surface area contributed by atoms with Crippen LogP contribution in [0, 0.1) is 0 Å². The first-order chi connectivity index (χ1) is 12.1. The lowest BCUT2D eigenvalue weighted by Crippen LogP contribution is -2.39. The smallest absolute Gasteiger partial charge is 0.257 e. The van der Waals surface area contributed by atoms with Crippen LogP contribution in [-0.4, -0.2) is 46.1 Å². The van der Waals surface area contributed by atoms with Crippen LogP contribution >= 0.6 is 0 Å². The van der Waals surface area contributed by atoms with E-state index in [1.165, 1.54) is 4.90 Å². The van der Waals surface area contributed by atoms with Crippen molar-refractivity contribution in [1.29, 1.82) is 0 Å². The van der Waals surface area contributed by atoms with Gasteiger partial charge in [-0.2, -0.15) is 5.10 Å². The molecule has 6 heteroatoms. The van der Waals surface area contributed by atoms with Gasteiger partial charge in [-0.25, -0.2) is 0 Å². The quantitative estimate of drug-likeness (QED) is 0.836. The van der Waals surface area contributed by atoms with E-state index in [0.717, 1.165) is 24.1 Å². The monoisotopic (exact) mass is 340 g/mol. The van der Waals surface area contributed by atoms with Crippen LogP contribution in [0.3, 0.4) is 0 Å². The first kappa shape index (κ1) is 17.2. The van der Waals surface area contributed by atoms with Crippen LogP contribution in [0.2, 0.25) is 0 Å². The van der Waals surface area contributed by atoms with Crippen molar-refractivity contribution >= 4 is 11.8 Å². The summed E-state index contributed by atoms with van der Waals surface area (Å²) < 4.78 is 1.86. The number of likely N-dealkylation sites (N-methyl/N-ethyl adjacent to an activating group) is 1. The molecule has 0 atom stereocenters. The van der Waals surface area contributed by atoms with Gasteiger partial charge < -0.3 is 10.2 Å². The molecule has 1 aliphatic rings. The average molecular weight is 340 g/mol. The highest BCUT2D eigenvalue weighted by Crippen LogP contribution is 2.18. The molecule has 0 radical (unpaired) electrons. The second kappa shape index (κ2) is 7.51. The molecule has 25 heavy (non-hydrogen) atoms. The summed E-state index contributed by atoms with van der Waals surface area (Å²) in [5.41, 5.74) is 2.60. The Hall–Kier alpha value is -2.63. The van der Waals surface area contributed by atoms with E-state index in [9.17, 15) is 9.59 Å². The number of benzene rings is 1. The van der Waals surface area contributed by atoms with Crippen LogP contribution in [0.1, 0.15) is 41.4 Å². The highest BCUT2D eigenvalue weighted by molar-refractivity contribution is 5.97. The van der Waals surface area contributed by atoms with E-state index in [0.29, 0.717) is 24.6 Å². The van der Waals surface area contributed by atoms with Gasteiger partial charge in [0.05, 0.1) is 30.5 Å². The Labute approximate surface area is 147 Å². The molecule has 2 aromatic rings. The highest BCUT2D eigenvalue weighted by Gasteiger charge is 2.25. The van der Waals surface area contributed by atoms with Crippen LogP contribution < -0.4 is 5.32 Å². The second-order valence-corrected chi connectivity index (χ2v) is 6.50. The molecular weight excluding hydrogens is 316 g/mol. The van der Waals surface area contributed by atoms with Gasteiger partial charge in [0.25, 0.3) is 5.91 Å². The summed E-state index contributed by atoms with van der Waals surface area (Å²) in [6.45, 7) is 2.71. The summed E-state index contributed by atoms with van der Waals surface area (Å²) in [6, 6.07) is 10.3. The Morgan fingerprint density at radius 3 is 2.64 bits per heavy atom. The van der Waals surface area contributed by atoms with Crippen molar-refractivity contribution < 1.29 is 9.59 Å².